The highest BCUT2D eigenvalue weighted by Gasteiger charge is 2.35. The summed E-state index contributed by atoms with van der Waals surface area (Å²) in [6.07, 6.45) is 0. The molecule has 0 radical (unpaired) electrons. The average molecular weight is 379 g/mol. The third-order valence-corrected chi connectivity index (χ3v) is 11.7. The summed E-state index contributed by atoms with van der Waals surface area (Å²) in [5.41, 5.74) is 1.20. The van der Waals surface area contributed by atoms with Crippen LogP contribution >= 0.6 is 0 Å². The van der Waals surface area contributed by atoms with E-state index < -0.39 is 18.9 Å². The lowest BCUT2D eigenvalue weighted by atomic mass is 10.2. The minimum Gasteiger partial charge on any atom is -0.254 e. The van der Waals surface area contributed by atoms with Gasteiger partial charge < -0.3 is 0 Å². The second-order valence-electron chi connectivity index (χ2n) is 7.19. The Bertz CT molecular complexity index is 820. The van der Waals surface area contributed by atoms with Crippen molar-refractivity contribution in [3.63, 3.8) is 0 Å². The third kappa shape index (κ3) is 4.05. The predicted octanol–water partition coefficient (Wildman–Crippen LogP) is 4.38. The van der Waals surface area contributed by atoms with Crippen molar-refractivity contribution in [2.75, 3.05) is 0 Å². The van der Waals surface area contributed by atoms with Crippen LogP contribution in [-0.4, -0.2) is 17.5 Å². The van der Waals surface area contributed by atoms with Crippen molar-refractivity contribution in [1.82, 2.24) is 0 Å². The van der Waals surface area contributed by atoms with Crippen LogP contribution in [0.2, 0.25) is 12.6 Å². The number of benzene rings is 3. The van der Waals surface area contributed by atoms with Gasteiger partial charge in [0.25, 0.3) is 0 Å². The van der Waals surface area contributed by atoms with Crippen LogP contribution in [0.3, 0.4) is 0 Å². The van der Waals surface area contributed by atoms with Crippen LogP contribution in [0.5, 0.6) is 0 Å². The fourth-order valence-corrected chi connectivity index (χ4v) is 9.85. The van der Waals surface area contributed by atoms with E-state index in [2.05, 4.69) is 81.1 Å². The molecule has 3 aromatic rings. The topological polar surface area (TPSA) is 17.1 Å². The van der Waals surface area contributed by atoms with E-state index in [0.717, 1.165) is 10.9 Å². The molecule has 0 fully saturated rings. The maximum absolute atomic E-state index is 13.1. The van der Waals surface area contributed by atoms with Gasteiger partial charge in [-0.05, 0) is 25.1 Å². The summed E-state index contributed by atoms with van der Waals surface area (Å²) in [6.45, 7) is 6.60. The molecular weight excluding hydrogens is 352 g/mol. The van der Waals surface area contributed by atoms with E-state index in [1.54, 1.807) is 0 Å². The smallest absolute Gasteiger partial charge is 0.116 e. The zero-order valence-electron chi connectivity index (χ0n) is 15.7. The maximum atomic E-state index is 13.1. The fourth-order valence-electron chi connectivity index (χ4n) is 3.57. The highest BCUT2D eigenvalue weighted by Crippen LogP contribution is 2.21. The van der Waals surface area contributed by atoms with Gasteiger partial charge in [0.15, 0.2) is 0 Å². The standard InChI is InChI=1S/C23H26OSSi/c1-19-14-16-21(17-15-19)25(24)20(2)18-26(3,22-10-6-4-7-11-22)23-12-8-5-9-13-23/h4-17,20H,18H2,1-3H3/t20-,25?/m1/s1. The van der Waals surface area contributed by atoms with Crippen molar-refractivity contribution in [3.8, 4) is 0 Å². The van der Waals surface area contributed by atoms with Gasteiger partial charge in [-0.25, -0.2) is 0 Å². The molecule has 26 heavy (non-hydrogen) atoms. The molecule has 1 nitrogen and oxygen atoms in total. The molecule has 2 atom stereocenters. The highest BCUT2D eigenvalue weighted by molar-refractivity contribution is 7.85. The normalized spacial score (nSPS) is 14.0. The number of hydrogen-bond acceptors (Lipinski definition) is 1. The van der Waals surface area contributed by atoms with Crippen LogP contribution in [0, 0.1) is 6.92 Å². The summed E-state index contributed by atoms with van der Waals surface area (Å²) < 4.78 is 13.1. The molecule has 0 aliphatic rings. The van der Waals surface area contributed by atoms with Crippen molar-refractivity contribution in [3.05, 3.63) is 90.5 Å². The summed E-state index contributed by atoms with van der Waals surface area (Å²) >= 11 is 0. The molecule has 1 unspecified atom stereocenters. The lowest BCUT2D eigenvalue weighted by Gasteiger charge is -2.31. The van der Waals surface area contributed by atoms with Crippen molar-refractivity contribution < 1.29 is 4.21 Å². The molecule has 0 N–H and O–H groups in total. The molecule has 0 bridgehead atoms. The first kappa shape index (κ1) is 18.8. The Morgan fingerprint density at radius 3 is 1.73 bits per heavy atom. The van der Waals surface area contributed by atoms with E-state index in [1.165, 1.54) is 15.9 Å². The minimum atomic E-state index is -1.96. The quantitative estimate of drug-likeness (QED) is 0.582. The molecule has 3 heteroatoms. The molecule has 0 saturated carbocycles. The molecule has 0 aliphatic carbocycles. The Hall–Kier alpha value is -1.97. The first-order valence-corrected chi connectivity index (χ1v) is 13.0. The Morgan fingerprint density at radius 1 is 0.808 bits per heavy atom. The summed E-state index contributed by atoms with van der Waals surface area (Å²) in [5.74, 6) is 0. The van der Waals surface area contributed by atoms with E-state index >= 15 is 0 Å². The van der Waals surface area contributed by atoms with Crippen molar-refractivity contribution >= 4 is 29.2 Å². The van der Waals surface area contributed by atoms with Gasteiger partial charge in [0.05, 0.1) is 10.8 Å². The zero-order chi connectivity index (χ0) is 18.6. The maximum Gasteiger partial charge on any atom is 0.116 e. The molecule has 0 spiro atoms. The van der Waals surface area contributed by atoms with Crippen LogP contribution in [-0.2, 0) is 10.8 Å². The van der Waals surface area contributed by atoms with Crippen LogP contribution in [0.25, 0.3) is 0 Å². The molecule has 3 rings (SSSR count). The SMILES string of the molecule is Cc1ccc(S(=O)[C@H](C)C[Si](C)(c2ccccc2)c2ccccc2)cc1. The predicted molar refractivity (Wildman–Crippen MR) is 116 cm³/mol. The molecule has 134 valence electrons. The highest BCUT2D eigenvalue weighted by atomic mass is 32.2. The second kappa shape index (κ2) is 8.15. The number of rotatable bonds is 6. The molecule has 0 aliphatic heterocycles. The molecule has 0 amide bonds. The second-order valence-corrected chi connectivity index (χ2v) is 13.3. The van der Waals surface area contributed by atoms with Gasteiger partial charge in [-0.2, -0.15) is 0 Å². The minimum absolute atomic E-state index is 0.106. The summed E-state index contributed by atoms with van der Waals surface area (Å²) in [7, 11) is -2.96. The first-order chi connectivity index (χ1) is 12.5. The van der Waals surface area contributed by atoms with Gasteiger partial charge in [0.2, 0.25) is 0 Å². The Labute approximate surface area is 160 Å². The molecule has 0 saturated heterocycles. The van der Waals surface area contributed by atoms with Crippen LogP contribution in [0.1, 0.15) is 12.5 Å². The van der Waals surface area contributed by atoms with E-state index in [0.29, 0.717) is 0 Å². The lowest BCUT2D eigenvalue weighted by molar-refractivity contribution is 0.676. The molecule has 0 heterocycles. The largest absolute Gasteiger partial charge is 0.254 e. The summed E-state index contributed by atoms with van der Waals surface area (Å²) in [5, 5.41) is 2.91. The lowest BCUT2D eigenvalue weighted by Crippen LogP contribution is -2.57. The molecule has 3 aromatic carbocycles. The van der Waals surface area contributed by atoms with Gasteiger partial charge in [-0.15, -0.1) is 0 Å². The van der Waals surface area contributed by atoms with Crippen LogP contribution < -0.4 is 10.4 Å². The van der Waals surface area contributed by atoms with Crippen molar-refractivity contribution in [2.45, 2.75) is 36.6 Å². The van der Waals surface area contributed by atoms with Gasteiger partial charge in [-0.1, -0.05) is 102 Å². The van der Waals surface area contributed by atoms with E-state index in [-0.39, 0.29) is 5.25 Å². The van der Waals surface area contributed by atoms with E-state index in [9.17, 15) is 4.21 Å². The van der Waals surface area contributed by atoms with Gasteiger partial charge >= 0.3 is 0 Å². The van der Waals surface area contributed by atoms with Crippen molar-refractivity contribution in [1.29, 1.82) is 0 Å². The fraction of sp³-hybridized carbons (Fsp3) is 0.217. The number of hydrogen-bond donors (Lipinski definition) is 0. The Balaban J connectivity index is 1.93. The molecular formula is C23H26OSSi. The van der Waals surface area contributed by atoms with Crippen LogP contribution in [0.15, 0.2) is 89.8 Å². The zero-order valence-corrected chi connectivity index (χ0v) is 17.5. The first-order valence-electron chi connectivity index (χ1n) is 9.09. The summed E-state index contributed by atoms with van der Waals surface area (Å²) in [4.78, 5) is 0.931. The van der Waals surface area contributed by atoms with Gasteiger partial charge in [0, 0.05) is 10.1 Å². The van der Waals surface area contributed by atoms with Crippen LogP contribution in [0.4, 0.5) is 0 Å². The average Bonchev–Trinajstić information content (AvgIpc) is 2.69. The number of aryl methyl sites for hydroxylation is 1. The third-order valence-electron chi connectivity index (χ3n) is 5.14. The Morgan fingerprint density at radius 2 is 1.27 bits per heavy atom. The molecule has 0 aromatic heterocycles. The van der Waals surface area contributed by atoms with Gasteiger partial charge in [0.1, 0.15) is 8.07 Å². The Kier molecular flexibility index (Phi) is 5.89. The van der Waals surface area contributed by atoms with Crippen molar-refractivity contribution in [2.24, 2.45) is 0 Å². The summed E-state index contributed by atoms with van der Waals surface area (Å²) in [6, 6.07) is 30.6. The monoisotopic (exact) mass is 378 g/mol. The van der Waals surface area contributed by atoms with Gasteiger partial charge in [-0.3, -0.25) is 4.21 Å². The van der Waals surface area contributed by atoms with E-state index in [1.807, 2.05) is 24.3 Å². The van der Waals surface area contributed by atoms with E-state index in [4.69, 9.17) is 0 Å².